The van der Waals surface area contributed by atoms with Gasteiger partial charge in [0.1, 0.15) is 0 Å². The number of aliphatic imine (C=N–C) groups is 1. The number of hydrogen-bond acceptors (Lipinski definition) is 3. The molecule has 0 radical (unpaired) electrons. The number of thioether (sulfide) groups is 1. The average Bonchev–Trinajstić information content (AvgIpc) is 2.08. The van der Waals surface area contributed by atoms with E-state index in [0.717, 1.165) is 5.56 Å². The summed E-state index contributed by atoms with van der Waals surface area (Å²) in [6.07, 6.45) is 1.23. The lowest BCUT2D eigenvalue weighted by atomic mass is 10.2. The van der Waals surface area contributed by atoms with Gasteiger partial charge in [-0.05, 0) is 36.4 Å². The van der Waals surface area contributed by atoms with Crippen molar-refractivity contribution in [3.63, 3.8) is 0 Å². The van der Waals surface area contributed by atoms with Crippen LogP contribution in [0.3, 0.4) is 0 Å². The maximum Gasteiger partial charge on any atom is 0.446 e. The predicted molar refractivity (Wildman–Crippen MR) is 50.9 cm³/mol. The Balaban J connectivity index is 3.11. The molecule has 0 fully saturated rings. The Morgan fingerprint density at radius 1 is 1.40 bits per heavy atom. The topological polar surface area (TPSA) is 29.4 Å². The molecule has 1 aromatic rings. The van der Waals surface area contributed by atoms with Gasteiger partial charge in [-0.15, -0.1) is 0 Å². The van der Waals surface area contributed by atoms with Gasteiger partial charge in [-0.2, -0.15) is 18.2 Å². The molecule has 6 heteroatoms. The summed E-state index contributed by atoms with van der Waals surface area (Å²) in [5.74, 6) is 0. The summed E-state index contributed by atoms with van der Waals surface area (Å²) in [6.45, 7) is 1.70. The number of alkyl halides is 3. The van der Waals surface area contributed by atoms with Crippen LogP contribution in [-0.4, -0.2) is 11.6 Å². The zero-order valence-electron chi connectivity index (χ0n) is 7.63. The largest absolute Gasteiger partial charge is 0.446 e. The number of aryl methyl sites for hydroxylation is 1. The Bertz CT molecular complexity index is 410. The fourth-order valence-corrected chi connectivity index (χ4v) is 1.57. The van der Waals surface area contributed by atoms with Crippen molar-refractivity contribution in [3.8, 4) is 0 Å². The van der Waals surface area contributed by atoms with Crippen LogP contribution in [0.15, 0.2) is 28.1 Å². The molecule has 0 aliphatic rings. The highest BCUT2D eigenvalue weighted by Crippen LogP contribution is 2.41. The summed E-state index contributed by atoms with van der Waals surface area (Å²) in [5, 5.41) is 0. The minimum absolute atomic E-state index is 0.00711. The first-order valence-corrected chi connectivity index (χ1v) is 4.68. The second kappa shape index (κ2) is 4.51. The van der Waals surface area contributed by atoms with Crippen LogP contribution in [0.4, 0.5) is 18.9 Å². The number of rotatable bonds is 2. The number of halogens is 3. The second-order valence-corrected chi connectivity index (χ2v) is 3.83. The summed E-state index contributed by atoms with van der Waals surface area (Å²) < 4.78 is 36.3. The minimum Gasteiger partial charge on any atom is -0.211 e. The molecule has 2 nitrogen and oxygen atoms in total. The molecular formula is C9H6F3NOS. The van der Waals surface area contributed by atoms with Crippen LogP contribution in [0, 0.1) is 6.92 Å². The molecule has 0 saturated carbocycles. The Hall–Kier alpha value is -1.26. The summed E-state index contributed by atoms with van der Waals surface area (Å²) in [5.41, 5.74) is -3.66. The van der Waals surface area contributed by atoms with Crippen molar-refractivity contribution < 1.29 is 18.0 Å². The first kappa shape index (κ1) is 11.8. The van der Waals surface area contributed by atoms with Gasteiger partial charge in [0.15, 0.2) is 0 Å². The molecule has 0 saturated heterocycles. The highest BCUT2D eigenvalue weighted by Gasteiger charge is 2.30. The van der Waals surface area contributed by atoms with Crippen LogP contribution in [-0.2, 0) is 4.79 Å². The van der Waals surface area contributed by atoms with Crippen LogP contribution < -0.4 is 0 Å². The monoisotopic (exact) mass is 233 g/mol. The van der Waals surface area contributed by atoms with Gasteiger partial charge in [0, 0.05) is 4.90 Å². The van der Waals surface area contributed by atoms with E-state index in [4.69, 9.17) is 0 Å². The highest BCUT2D eigenvalue weighted by atomic mass is 32.2. The minimum atomic E-state index is -4.39. The van der Waals surface area contributed by atoms with E-state index < -0.39 is 5.51 Å². The summed E-state index contributed by atoms with van der Waals surface area (Å²) >= 11 is -0.297. The van der Waals surface area contributed by atoms with Gasteiger partial charge >= 0.3 is 5.51 Å². The fourth-order valence-electron chi connectivity index (χ4n) is 0.975. The predicted octanol–water partition coefficient (Wildman–Crippen LogP) is 3.57. The van der Waals surface area contributed by atoms with Crippen LogP contribution in [0.2, 0.25) is 0 Å². The Morgan fingerprint density at radius 2 is 2.07 bits per heavy atom. The molecule has 0 aliphatic carbocycles. The molecule has 1 aromatic carbocycles. The summed E-state index contributed by atoms with van der Waals surface area (Å²) in [4.78, 5) is 13.1. The molecule has 0 aliphatic heterocycles. The summed E-state index contributed by atoms with van der Waals surface area (Å²) in [6, 6.07) is 4.21. The number of nitrogens with zero attached hydrogens (tertiary/aromatic N) is 1. The maximum atomic E-state index is 12.1. The lowest BCUT2D eigenvalue weighted by molar-refractivity contribution is -0.0328. The zero-order valence-corrected chi connectivity index (χ0v) is 8.45. The fraction of sp³-hybridized carbons (Fsp3) is 0.222. The molecule has 80 valence electrons. The Morgan fingerprint density at radius 3 is 2.60 bits per heavy atom. The molecule has 0 aromatic heterocycles. The molecule has 15 heavy (non-hydrogen) atoms. The molecule has 0 spiro atoms. The van der Waals surface area contributed by atoms with E-state index in [1.807, 2.05) is 0 Å². The van der Waals surface area contributed by atoms with Gasteiger partial charge in [-0.25, -0.2) is 4.79 Å². The first-order valence-electron chi connectivity index (χ1n) is 3.86. The van der Waals surface area contributed by atoms with Crippen molar-refractivity contribution in [3.05, 3.63) is 23.8 Å². The number of isocyanates is 1. The van der Waals surface area contributed by atoms with Gasteiger partial charge < -0.3 is 0 Å². The third kappa shape index (κ3) is 3.77. The van der Waals surface area contributed by atoms with Crippen molar-refractivity contribution in [2.24, 2.45) is 4.99 Å². The van der Waals surface area contributed by atoms with Crippen molar-refractivity contribution in [2.75, 3.05) is 0 Å². The van der Waals surface area contributed by atoms with Gasteiger partial charge in [0.25, 0.3) is 0 Å². The van der Waals surface area contributed by atoms with E-state index >= 15 is 0 Å². The van der Waals surface area contributed by atoms with Crippen molar-refractivity contribution in [1.29, 1.82) is 0 Å². The Kier molecular flexibility index (Phi) is 3.55. The molecule has 0 amide bonds. The standard InChI is InChI=1S/C9H6F3NOS/c1-6-2-3-8(15-9(10,11)12)7(4-6)13-5-14/h2-4H,1H3. The lowest BCUT2D eigenvalue weighted by Gasteiger charge is -2.07. The maximum absolute atomic E-state index is 12.1. The van der Waals surface area contributed by atoms with E-state index in [1.165, 1.54) is 24.3 Å². The zero-order chi connectivity index (χ0) is 11.5. The Labute approximate surface area is 88.2 Å². The average molecular weight is 233 g/mol. The molecule has 0 atom stereocenters. The van der Waals surface area contributed by atoms with Crippen LogP contribution in [0.25, 0.3) is 0 Å². The third-order valence-corrected chi connectivity index (χ3v) is 2.30. The van der Waals surface area contributed by atoms with E-state index in [2.05, 4.69) is 4.99 Å². The second-order valence-electron chi connectivity index (χ2n) is 2.72. The van der Waals surface area contributed by atoms with Gasteiger partial charge in [-0.1, -0.05) is 6.07 Å². The van der Waals surface area contributed by atoms with Crippen molar-refractivity contribution in [2.45, 2.75) is 17.3 Å². The van der Waals surface area contributed by atoms with Crippen LogP contribution in [0.5, 0.6) is 0 Å². The van der Waals surface area contributed by atoms with Crippen LogP contribution >= 0.6 is 11.8 Å². The van der Waals surface area contributed by atoms with E-state index in [9.17, 15) is 18.0 Å². The molecular weight excluding hydrogens is 227 g/mol. The van der Waals surface area contributed by atoms with Gasteiger partial charge in [0.05, 0.1) is 5.69 Å². The molecule has 0 N–H and O–H groups in total. The van der Waals surface area contributed by atoms with E-state index in [-0.39, 0.29) is 22.3 Å². The molecule has 0 bridgehead atoms. The first-order chi connectivity index (χ1) is 6.92. The SMILES string of the molecule is Cc1ccc(SC(F)(F)F)c(N=C=O)c1. The highest BCUT2D eigenvalue weighted by molar-refractivity contribution is 8.00. The number of carbonyl (C=O) groups excluding carboxylic acids is 1. The lowest BCUT2D eigenvalue weighted by Crippen LogP contribution is -1.99. The number of benzene rings is 1. The summed E-state index contributed by atoms with van der Waals surface area (Å²) in [7, 11) is 0. The molecule has 0 heterocycles. The van der Waals surface area contributed by atoms with Crippen molar-refractivity contribution >= 4 is 23.5 Å². The smallest absolute Gasteiger partial charge is 0.211 e. The van der Waals surface area contributed by atoms with Gasteiger partial charge in [0.2, 0.25) is 6.08 Å². The van der Waals surface area contributed by atoms with E-state index in [0.29, 0.717) is 0 Å². The van der Waals surface area contributed by atoms with Gasteiger partial charge in [-0.3, -0.25) is 0 Å². The quantitative estimate of drug-likeness (QED) is 0.444. The normalized spacial score (nSPS) is 10.9. The van der Waals surface area contributed by atoms with Crippen LogP contribution in [0.1, 0.15) is 5.56 Å². The van der Waals surface area contributed by atoms with Crippen molar-refractivity contribution in [1.82, 2.24) is 0 Å². The van der Waals surface area contributed by atoms with E-state index in [1.54, 1.807) is 6.92 Å². The number of hydrogen-bond donors (Lipinski definition) is 0. The molecule has 1 rings (SSSR count). The molecule has 0 unspecified atom stereocenters. The third-order valence-electron chi connectivity index (χ3n) is 1.51.